The van der Waals surface area contributed by atoms with Crippen molar-refractivity contribution in [3.05, 3.63) is 46.0 Å². The average molecular weight is 397 g/mol. The van der Waals surface area contributed by atoms with E-state index in [9.17, 15) is 13.2 Å². The fraction of sp³-hybridized carbons (Fsp3) is 0.471. The van der Waals surface area contributed by atoms with Gasteiger partial charge in [-0.15, -0.1) is 0 Å². The quantitative estimate of drug-likeness (QED) is 0.739. The summed E-state index contributed by atoms with van der Waals surface area (Å²) in [5, 5.41) is 4.88. The molecule has 0 radical (unpaired) electrons. The topological polar surface area (TPSA) is 85.2 Å². The highest BCUT2D eigenvalue weighted by Gasteiger charge is 2.31. The number of pyridine rings is 1. The summed E-state index contributed by atoms with van der Waals surface area (Å²) in [6, 6.07) is 3.09. The van der Waals surface area contributed by atoms with E-state index in [-0.39, 0.29) is 23.5 Å². The standard InChI is InChI=1S/C17H21ClN4O3S/c1-11-15(9-21(3)17(23)13-4-5-16(18)19-8-13)12(2)22(20-11)14-6-7-26(24,25)10-14/h4-5,8,14H,6-7,9-10H2,1-3H3/t14-/m0/s1. The van der Waals surface area contributed by atoms with Crippen LogP contribution in [0, 0.1) is 13.8 Å². The van der Waals surface area contributed by atoms with Crippen LogP contribution in [0.5, 0.6) is 0 Å². The summed E-state index contributed by atoms with van der Waals surface area (Å²) in [7, 11) is -1.27. The number of hydrogen-bond acceptors (Lipinski definition) is 5. The van der Waals surface area contributed by atoms with E-state index in [1.165, 1.54) is 6.20 Å². The number of nitrogens with zero attached hydrogens (tertiary/aromatic N) is 4. The van der Waals surface area contributed by atoms with Crippen molar-refractivity contribution in [2.24, 2.45) is 0 Å². The summed E-state index contributed by atoms with van der Waals surface area (Å²) in [4.78, 5) is 18.1. The molecule has 1 fully saturated rings. The number of carbonyl (C=O) groups excluding carboxylic acids is 1. The predicted octanol–water partition coefficient (Wildman–Crippen LogP) is 2.18. The van der Waals surface area contributed by atoms with Gasteiger partial charge in [0, 0.05) is 31.0 Å². The molecule has 1 amide bonds. The van der Waals surface area contributed by atoms with Gasteiger partial charge >= 0.3 is 0 Å². The predicted molar refractivity (Wildman–Crippen MR) is 99.1 cm³/mol. The van der Waals surface area contributed by atoms with E-state index < -0.39 is 9.84 Å². The van der Waals surface area contributed by atoms with Crippen molar-refractivity contribution in [1.82, 2.24) is 19.7 Å². The van der Waals surface area contributed by atoms with Gasteiger partial charge in [0.05, 0.1) is 28.8 Å². The van der Waals surface area contributed by atoms with Crippen molar-refractivity contribution in [2.45, 2.75) is 32.9 Å². The number of hydrogen-bond donors (Lipinski definition) is 0. The van der Waals surface area contributed by atoms with Crippen LogP contribution >= 0.6 is 11.6 Å². The number of aryl methyl sites for hydroxylation is 1. The van der Waals surface area contributed by atoms with Crippen LogP contribution in [-0.2, 0) is 16.4 Å². The van der Waals surface area contributed by atoms with E-state index >= 15 is 0 Å². The van der Waals surface area contributed by atoms with Crippen molar-refractivity contribution in [2.75, 3.05) is 18.6 Å². The molecule has 0 saturated carbocycles. The Balaban J connectivity index is 1.79. The summed E-state index contributed by atoms with van der Waals surface area (Å²) in [5.74, 6) is 0.163. The fourth-order valence-corrected chi connectivity index (χ4v) is 5.09. The van der Waals surface area contributed by atoms with Gasteiger partial charge in [0.15, 0.2) is 9.84 Å². The number of sulfone groups is 1. The first kappa shape index (κ1) is 18.8. The van der Waals surface area contributed by atoms with Gasteiger partial charge in [-0.2, -0.15) is 5.10 Å². The van der Waals surface area contributed by atoms with Crippen LogP contribution in [0.2, 0.25) is 5.15 Å². The van der Waals surface area contributed by atoms with Crippen molar-refractivity contribution in [3.8, 4) is 0 Å². The molecular weight excluding hydrogens is 376 g/mol. The van der Waals surface area contributed by atoms with Gasteiger partial charge in [-0.3, -0.25) is 9.48 Å². The molecule has 1 aliphatic rings. The molecule has 0 spiro atoms. The molecule has 2 aromatic rings. The highest BCUT2D eigenvalue weighted by atomic mass is 35.5. The Kier molecular flexibility index (Phi) is 5.07. The molecule has 9 heteroatoms. The molecule has 0 aromatic carbocycles. The third kappa shape index (κ3) is 3.76. The Morgan fingerprint density at radius 2 is 2.12 bits per heavy atom. The Bertz CT molecular complexity index is 938. The molecular formula is C17H21ClN4O3S. The van der Waals surface area contributed by atoms with Gasteiger partial charge < -0.3 is 4.90 Å². The van der Waals surface area contributed by atoms with E-state index in [1.54, 1.807) is 28.8 Å². The number of aromatic nitrogens is 3. The monoisotopic (exact) mass is 396 g/mol. The number of amides is 1. The van der Waals surface area contributed by atoms with Gasteiger partial charge in [-0.1, -0.05) is 11.6 Å². The zero-order valence-corrected chi connectivity index (χ0v) is 16.5. The molecule has 0 N–H and O–H groups in total. The van der Waals surface area contributed by atoms with Crippen LogP contribution in [0.3, 0.4) is 0 Å². The van der Waals surface area contributed by atoms with Crippen molar-refractivity contribution >= 4 is 27.3 Å². The molecule has 2 aromatic heterocycles. The Morgan fingerprint density at radius 3 is 2.69 bits per heavy atom. The zero-order chi connectivity index (χ0) is 19.1. The van der Waals surface area contributed by atoms with Gasteiger partial charge in [-0.05, 0) is 32.4 Å². The molecule has 1 aliphatic heterocycles. The van der Waals surface area contributed by atoms with Crippen molar-refractivity contribution in [3.63, 3.8) is 0 Å². The minimum absolute atomic E-state index is 0.125. The van der Waals surface area contributed by atoms with E-state index in [0.29, 0.717) is 23.7 Å². The molecule has 7 nitrogen and oxygen atoms in total. The third-order valence-electron chi connectivity index (χ3n) is 4.75. The highest BCUT2D eigenvalue weighted by Crippen LogP contribution is 2.27. The lowest BCUT2D eigenvalue weighted by atomic mass is 10.1. The van der Waals surface area contributed by atoms with E-state index in [4.69, 9.17) is 11.6 Å². The summed E-state index contributed by atoms with van der Waals surface area (Å²) in [6.07, 6.45) is 2.03. The van der Waals surface area contributed by atoms with Crippen LogP contribution < -0.4 is 0 Å². The first-order valence-electron chi connectivity index (χ1n) is 8.30. The zero-order valence-electron chi connectivity index (χ0n) is 14.9. The fourth-order valence-electron chi connectivity index (χ4n) is 3.28. The lowest BCUT2D eigenvalue weighted by Gasteiger charge is -2.18. The Morgan fingerprint density at radius 1 is 1.38 bits per heavy atom. The van der Waals surface area contributed by atoms with E-state index in [0.717, 1.165) is 17.0 Å². The summed E-state index contributed by atoms with van der Waals surface area (Å²) in [6.45, 7) is 4.19. The van der Waals surface area contributed by atoms with Crippen LogP contribution in [-0.4, -0.2) is 52.5 Å². The second kappa shape index (κ2) is 7.00. The largest absolute Gasteiger partial charge is 0.337 e. The lowest BCUT2D eigenvalue weighted by Crippen LogP contribution is -2.27. The number of rotatable bonds is 4. The van der Waals surface area contributed by atoms with Crippen LogP contribution in [0.15, 0.2) is 18.3 Å². The maximum Gasteiger partial charge on any atom is 0.255 e. The molecule has 0 unspecified atom stereocenters. The molecule has 0 bridgehead atoms. The van der Waals surface area contributed by atoms with E-state index in [2.05, 4.69) is 10.1 Å². The lowest BCUT2D eigenvalue weighted by molar-refractivity contribution is 0.0784. The maximum absolute atomic E-state index is 12.6. The van der Waals surface area contributed by atoms with Crippen LogP contribution in [0.1, 0.15) is 39.8 Å². The molecule has 3 rings (SSSR count). The van der Waals surface area contributed by atoms with Gasteiger partial charge in [-0.25, -0.2) is 13.4 Å². The Labute approximate surface area is 157 Å². The van der Waals surface area contributed by atoms with Gasteiger partial charge in [0.25, 0.3) is 5.91 Å². The molecule has 26 heavy (non-hydrogen) atoms. The highest BCUT2D eigenvalue weighted by molar-refractivity contribution is 7.91. The Hall–Kier alpha value is -1.93. The summed E-state index contributed by atoms with van der Waals surface area (Å²) >= 11 is 5.76. The van der Waals surface area contributed by atoms with E-state index in [1.807, 2.05) is 13.8 Å². The molecule has 1 atom stereocenters. The first-order chi connectivity index (χ1) is 12.2. The van der Waals surface area contributed by atoms with Crippen molar-refractivity contribution < 1.29 is 13.2 Å². The maximum atomic E-state index is 12.6. The summed E-state index contributed by atoms with van der Waals surface area (Å²) < 4.78 is 25.3. The van der Waals surface area contributed by atoms with Gasteiger partial charge in [0.2, 0.25) is 0 Å². The average Bonchev–Trinajstić information content (AvgIpc) is 3.08. The molecule has 0 aliphatic carbocycles. The SMILES string of the molecule is Cc1nn([C@H]2CCS(=O)(=O)C2)c(C)c1CN(C)C(=O)c1ccc(Cl)nc1. The second-order valence-corrected chi connectivity index (χ2v) is 9.30. The number of halogens is 1. The number of carbonyl (C=O) groups is 1. The second-order valence-electron chi connectivity index (χ2n) is 6.68. The minimum atomic E-state index is -2.98. The van der Waals surface area contributed by atoms with Crippen molar-refractivity contribution in [1.29, 1.82) is 0 Å². The molecule has 3 heterocycles. The third-order valence-corrected chi connectivity index (χ3v) is 6.72. The minimum Gasteiger partial charge on any atom is -0.337 e. The molecule has 1 saturated heterocycles. The first-order valence-corrected chi connectivity index (χ1v) is 10.5. The van der Waals surface area contributed by atoms with Crippen LogP contribution in [0.4, 0.5) is 0 Å². The molecule has 140 valence electrons. The normalized spacial score (nSPS) is 18.8. The van der Waals surface area contributed by atoms with Gasteiger partial charge in [0.1, 0.15) is 5.15 Å². The smallest absolute Gasteiger partial charge is 0.255 e. The van der Waals surface area contributed by atoms with Crippen LogP contribution in [0.25, 0.3) is 0 Å². The summed E-state index contributed by atoms with van der Waals surface area (Å²) in [5.41, 5.74) is 3.10.